The van der Waals surface area contributed by atoms with Crippen molar-refractivity contribution in [1.82, 2.24) is 15.0 Å². The molecule has 0 spiro atoms. The first kappa shape index (κ1) is 16.2. The molecule has 1 aliphatic heterocycles. The molecule has 2 aromatic heterocycles. The third-order valence-electron chi connectivity index (χ3n) is 4.99. The van der Waals surface area contributed by atoms with E-state index in [1.807, 2.05) is 0 Å². The molecule has 1 saturated heterocycles. The first-order chi connectivity index (χ1) is 12.7. The molecule has 3 heterocycles. The molecular formula is C19H17F2N3OS. The Morgan fingerprint density at radius 1 is 0.962 bits per heavy atom. The highest BCUT2D eigenvalue weighted by atomic mass is 32.1. The highest BCUT2D eigenvalue weighted by Crippen LogP contribution is 2.45. The Morgan fingerprint density at radius 3 is 2.50 bits per heavy atom. The molecule has 2 fully saturated rings. The van der Waals surface area contributed by atoms with Gasteiger partial charge in [0.15, 0.2) is 5.65 Å². The summed E-state index contributed by atoms with van der Waals surface area (Å²) in [6.45, 7) is 1.35. The van der Waals surface area contributed by atoms with E-state index in [-0.39, 0.29) is 5.92 Å². The lowest BCUT2D eigenvalue weighted by Crippen LogP contribution is -2.16. The molecule has 1 saturated carbocycles. The molecule has 0 amide bonds. The molecule has 1 aliphatic carbocycles. The predicted molar refractivity (Wildman–Crippen MR) is 95.3 cm³/mol. The Morgan fingerprint density at radius 2 is 1.77 bits per heavy atom. The zero-order valence-corrected chi connectivity index (χ0v) is 14.9. The van der Waals surface area contributed by atoms with Crippen molar-refractivity contribution < 1.29 is 13.5 Å². The molecule has 0 bridgehead atoms. The zero-order chi connectivity index (χ0) is 17.7. The van der Waals surface area contributed by atoms with E-state index in [4.69, 9.17) is 19.7 Å². The number of halogens is 2. The van der Waals surface area contributed by atoms with Gasteiger partial charge < -0.3 is 4.74 Å². The van der Waals surface area contributed by atoms with Crippen LogP contribution in [-0.2, 0) is 4.74 Å². The van der Waals surface area contributed by atoms with Gasteiger partial charge in [-0.2, -0.15) is 0 Å². The van der Waals surface area contributed by atoms with Gasteiger partial charge in [-0.1, -0.05) is 0 Å². The van der Waals surface area contributed by atoms with Crippen LogP contribution in [0.2, 0.25) is 0 Å². The summed E-state index contributed by atoms with van der Waals surface area (Å²) < 4.78 is 34.1. The number of thiazole rings is 1. The van der Waals surface area contributed by atoms with Crippen molar-refractivity contribution in [3.63, 3.8) is 0 Å². The molecule has 134 valence electrons. The second-order valence-electron chi connectivity index (χ2n) is 6.92. The van der Waals surface area contributed by atoms with Crippen LogP contribution in [0.25, 0.3) is 21.6 Å². The minimum atomic E-state index is -0.607. The van der Waals surface area contributed by atoms with E-state index in [1.165, 1.54) is 23.5 Å². The van der Waals surface area contributed by atoms with Crippen molar-refractivity contribution in [1.29, 1.82) is 0 Å². The second kappa shape index (κ2) is 6.32. The zero-order valence-electron chi connectivity index (χ0n) is 14.0. The number of nitrogens with zero attached hydrogens (tertiary/aromatic N) is 3. The largest absolute Gasteiger partial charge is 0.381 e. The first-order valence-electron chi connectivity index (χ1n) is 8.90. The average Bonchev–Trinajstić information content (AvgIpc) is 3.41. The predicted octanol–water partition coefficient (Wildman–Crippen LogP) is 4.80. The smallest absolute Gasteiger partial charge is 0.174 e. The maximum Gasteiger partial charge on any atom is 0.174 e. The van der Waals surface area contributed by atoms with Gasteiger partial charge in [-0.3, -0.25) is 0 Å². The highest BCUT2D eigenvalue weighted by Gasteiger charge is 2.29. The van der Waals surface area contributed by atoms with Crippen molar-refractivity contribution in [2.24, 2.45) is 0 Å². The molecule has 2 aliphatic rings. The molecule has 3 aromatic rings. The maximum absolute atomic E-state index is 14.5. The minimum Gasteiger partial charge on any atom is -0.381 e. The number of hydrogen-bond acceptors (Lipinski definition) is 5. The molecule has 0 atom stereocenters. The van der Waals surface area contributed by atoms with Crippen molar-refractivity contribution >= 4 is 21.7 Å². The van der Waals surface area contributed by atoms with Gasteiger partial charge in [0.25, 0.3) is 0 Å². The molecule has 0 unspecified atom stereocenters. The second-order valence-corrected chi connectivity index (χ2v) is 7.95. The summed E-state index contributed by atoms with van der Waals surface area (Å²) in [5.41, 5.74) is 1.46. The third kappa shape index (κ3) is 2.89. The Balaban J connectivity index is 1.70. The normalized spacial score (nSPS) is 18.5. The summed E-state index contributed by atoms with van der Waals surface area (Å²) in [7, 11) is 0. The lowest BCUT2D eigenvalue weighted by Gasteiger charge is -2.21. The van der Waals surface area contributed by atoms with Crippen LogP contribution in [-0.4, -0.2) is 28.2 Å². The van der Waals surface area contributed by atoms with Crippen molar-refractivity contribution in [3.05, 3.63) is 40.7 Å². The number of rotatable bonds is 3. The van der Waals surface area contributed by atoms with Crippen LogP contribution in [0.3, 0.4) is 0 Å². The Labute approximate surface area is 153 Å². The summed E-state index contributed by atoms with van der Waals surface area (Å²) >= 11 is 1.54. The quantitative estimate of drug-likeness (QED) is 0.661. The van der Waals surface area contributed by atoms with Crippen LogP contribution < -0.4 is 0 Å². The molecule has 4 nitrogen and oxygen atoms in total. The topological polar surface area (TPSA) is 47.9 Å². The van der Waals surface area contributed by atoms with Gasteiger partial charge in [-0.05, 0) is 37.8 Å². The minimum absolute atomic E-state index is 0.182. The number of hydrogen-bond donors (Lipinski definition) is 0. The maximum atomic E-state index is 14.5. The van der Waals surface area contributed by atoms with Crippen LogP contribution in [0.15, 0.2) is 18.2 Å². The van der Waals surface area contributed by atoms with Crippen LogP contribution in [0.5, 0.6) is 0 Å². The number of benzene rings is 1. The van der Waals surface area contributed by atoms with Gasteiger partial charge in [0.05, 0.1) is 10.7 Å². The van der Waals surface area contributed by atoms with Crippen LogP contribution in [0.4, 0.5) is 8.78 Å². The van der Waals surface area contributed by atoms with Crippen molar-refractivity contribution in [2.75, 3.05) is 13.2 Å². The number of fused-ring (bicyclic) bond motifs is 1. The van der Waals surface area contributed by atoms with Crippen LogP contribution >= 0.6 is 11.3 Å². The van der Waals surface area contributed by atoms with E-state index in [0.717, 1.165) is 41.5 Å². The molecule has 5 rings (SSSR count). The van der Waals surface area contributed by atoms with Gasteiger partial charge in [0.1, 0.15) is 22.2 Å². The molecule has 26 heavy (non-hydrogen) atoms. The van der Waals surface area contributed by atoms with E-state index in [0.29, 0.717) is 41.9 Å². The first-order valence-corrected chi connectivity index (χ1v) is 9.72. The lowest BCUT2D eigenvalue weighted by atomic mass is 9.99. The monoisotopic (exact) mass is 373 g/mol. The summed E-state index contributed by atoms with van der Waals surface area (Å²) in [6.07, 6.45) is 3.97. The Bertz CT molecular complexity index is 980. The van der Waals surface area contributed by atoms with Crippen LogP contribution in [0.1, 0.15) is 48.4 Å². The third-order valence-corrected chi connectivity index (χ3v) is 6.20. The van der Waals surface area contributed by atoms with E-state index < -0.39 is 11.6 Å². The highest BCUT2D eigenvalue weighted by molar-refractivity contribution is 7.19. The Kier molecular flexibility index (Phi) is 3.94. The summed E-state index contributed by atoms with van der Waals surface area (Å²) in [5.74, 6) is 0.161. The fourth-order valence-corrected chi connectivity index (χ4v) is 4.54. The van der Waals surface area contributed by atoms with E-state index >= 15 is 0 Å². The standard InChI is InChI=1S/C19H17F2N3OS/c20-12-3-4-13(14(21)9-12)15-16-18(24-19(26-16)11-1-2-11)23-17(22-15)10-5-7-25-8-6-10/h3-4,9-11H,1-2,5-8H2. The fraction of sp³-hybridized carbons (Fsp3) is 0.421. The van der Waals surface area contributed by atoms with Gasteiger partial charge in [-0.25, -0.2) is 23.7 Å². The summed E-state index contributed by atoms with van der Waals surface area (Å²) in [5, 5.41) is 1.04. The van der Waals surface area contributed by atoms with E-state index in [2.05, 4.69) is 0 Å². The Hall–Kier alpha value is -1.99. The molecular weight excluding hydrogens is 356 g/mol. The van der Waals surface area contributed by atoms with Gasteiger partial charge in [0.2, 0.25) is 0 Å². The average molecular weight is 373 g/mol. The summed E-state index contributed by atoms with van der Waals surface area (Å²) in [6, 6.07) is 3.63. The summed E-state index contributed by atoms with van der Waals surface area (Å²) in [4.78, 5) is 14.1. The van der Waals surface area contributed by atoms with Crippen molar-refractivity contribution in [2.45, 2.75) is 37.5 Å². The lowest BCUT2D eigenvalue weighted by molar-refractivity contribution is 0.0836. The van der Waals surface area contributed by atoms with E-state index in [1.54, 1.807) is 0 Å². The molecule has 7 heteroatoms. The molecule has 1 aromatic carbocycles. The number of aromatic nitrogens is 3. The van der Waals surface area contributed by atoms with Crippen LogP contribution in [0, 0.1) is 11.6 Å². The number of ether oxygens (including phenoxy) is 1. The molecule has 0 N–H and O–H groups in total. The SMILES string of the molecule is Fc1ccc(-c2nc(C3CCOCC3)nc3nc(C4CC4)sc23)c(F)c1. The van der Waals surface area contributed by atoms with Gasteiger partial charge in [0, 0.05) is 36.7 Å². The van der Waals surface area contributed by atoms with Crippen molar-refractivity contribution in [3.8, 4) is 11.3 Å². The van der Waals surface area contributed by atoms with E-state index in [9.17, 15) is 8.78 Å². The van der Waals surface area contributed by atoms with Gasteiger partial charge in [-0.15, -0.1) is 11.3 Å². The molecule has 0 radical (unpaired) electrons. The fourth-order valence-electron chi connectivity index (χ4n) is 3.36. The van der Waals surface area contributed by atoms with Gasteiger partial charge >= 0.3 is 0 Å².